The number of para-hydroxylation sites is 1. The van der Waals surface area contributed by atoms with Crippen LogP contribution >= 0.6 is 0 Å². The lowest BCUT2D eigenvalue weighted by Crippen LogP contribution is -2.32. The normalized spacial score (nSPS) is 13.6. The molecule has 0 atom stereocenters. The molecule has 0 bridgehead atoms. The Morgan fingerprint density at radius 2 is 1.53 bits per heavy atom. The van der Waals surface area contributed by atoms with Crippen molar-refractivity contribution in [3.05, 3.63) is 89.4 Å². The van der Waals surface area contributed by atoms with Crippen molar-refractivity contribution in [3.8, 4) is 11.5 Å². The van der Waals surface area contributed by atoms with E-state index in [9.17, 15) is 14.0 Å². The highest BCUT2D eigenvalue weighted by molar-refractivity contribution is 6.46. The third kappa shape index (κ3) is 3.69. The van der Waals surface area contributed by atoms with E-state index in [1.165, 1.54) is 38.5 Å². The van der Waals surface area contributed by atoms with Gasteiger partial charge in [-0.05, 0) is 55.0 Å². The van der Waals surface area contributed by atoms with Crippen molar-refractivity contribution in [3.63, 3.8) is 0 Å². The minimum absolute atomic E-state index is 0.0766. The maximum Gasteiger partial charge on any atom is 0.282 e. The molecule has 0 fully saturated rings. The molecule has 1 heterocycles. The quantitative estimate of drug-likeness (QED) is 0.579. The van der Waals surface area contributed by atoms with Crippen LogP contribution < -0.4 is 19.7 Å². The van der Waals surface area contributed by atoms with Crippen molar-refractivity contribution >= 4 is 28.8 Å². The van der Waals surface area contributed by atoms with Crippen molar-refractivity contribution in [1.29, 1.82) is 0 Å². The van der Waals surface area contributed by atoms with Crippen LogP contribution in [0.1, 0.15) is 11.1 Å². The van der Waals surface area contributed by atoms with E-state index in [-0.39, 0.29) is 17.0 Å². The third-order valence-electron chi connectivity index (χ3n) is 5.16. The molecule has 0 saturated carbocycles. The van der Waals surface area contributed by atoms with Gasteiger partial charge < -0.3 is 14.8 Å². The molecule has 1 aliphatic heterocycles. The summed E-state index contributed by atoms with van der Waals surface area (Å²) in [4.78, 5) is 28.0. The molecule has 32 heavy (non-hydrogen) atoms. The van der Waals surface area contributed by atoms with Gasteiger partial charge in [-0.25, -0.2) is 9.29 Å². The molecule has 162 valence electrons. The van der Waals surface area contributed by atoms with Crippen LogP contribution in [0.4, 0.5) is 15.8 Å². The first-order valence-electron chi connectivity index (χ1n) is 9.88. The Morgan fingerprint density at radius 3 is 2.22 bits per heavy atom. The highest BCUT2D eigenvalue weighted by atomic mass is 19.1. The van der Waals surface area contributed by atoms with Crippen molar-refractivity contribution in [2.45, 2.75) is 6.92 Å². The van der Waals surface area contributed by atoms with Gasteiger partial charge in [0.2, 0.25) is 0 Å². The molecule has 3 aromatic rings. The second-order valence-corrected chi connectivity index (χ2v) is 7.20. The Hall–Kier alpha value is -4.13. The van der Waals surface area contributed by atoms with Gasteiger partial charge in [-0.3, -0.25) is 9.59 Å². The van der Waals surface area contributed by atoms with Crippen LogP contribution in [0.3, 0.4) is 0 Å². The molecular weight excluding hydrogens is 411 g/mol. The van der Waals surface area contributed by atoms with E-state index in [2.05, 4.69) is 5.32 Å². The van der Waals surface area contributed by atoms with Crippen molar-refractivity contribution in [2.24, 2.45) is 0 Å². The molecule has 0 saturated heterocycles. The number of imide groups is 1. The fraction of sp³-hybridized carbons (Fsp3) is 0.120. The van der Waals surface area contributed by atoms with E-state index in [0.29, 0.717) is 22.7 Å². The van der Waals surface area contributed by atoms with Crippen molar-refractivity contribution < 1.29 is 23.5 Å². The summed E-state index contributed by atoms with van der Waals surface area (Å²) < 4.78 is 24.3. The Bertz CT molecular complexity index is 1230. The molecule has 0 aromatic heterocycles. The number of hydrogen-bond acceptors (Lipinski definition) is 5. The van der Waals surface area contributed by atoms with E-state index >= 15 is 0 Å². The van der Waals surface area contributed by atoms with E-state index in [1.807, 2.05) is 19.1 Å². The number of benzene rings is 3. The Balaban J connectivity index is 1.89. The van der Waals surface area contributed by atoms with Crippen LogP contribution in [0, 0.1) is 12.7 Å². The number of carbonyl (C=O) groups excluding carboxylic acids is 2. The highest BCUT2D eigenvalue weighted by Crippen LogP contribution is 2.38. The number of carbonyl (C=O) groups is 2. The molecule has 0 aliphatic carbocycles. The van der Waals surface area contributed by atoms with Crippen LogP contribution in [0.25, 0.3) is 5.57 Å². The predicted molar refractivity (Wildman–Crippen MR) is 120 cm³/mol. The Kier molecular flexibility index (Phi) is 5.64. The van der Waals surface area contributed by atoms with Gasteiger partial charge in [0.25, 0.3) is 11.8 Å². The lowest BCUT2D eigenvalue weighted by Gasteiger charge is -2.16. The fourth-order valence-electron chi connectivity index (χ4n) is 3.63. The smallest absolute Gasteiger partial charge is 0.282 e. The maximum absolute atomic E-state index is 13.5. The highest BCUT2D eigenvalue weighted by Gasteiger charge is 2.41. The van der Waals surface area contributed by atoms with Crippen LogP contribution in [-0.4, -0.2) is 26.0 Å². The molecule has 0 unspecified atom stereocenters. The Morgan fingerprint density at radius 1 is 0.844 bits per heavy atom. The van der Waals surface area contributed by atoms with Gasteiger partial charge in [0, 0.05) is 5.56 Å². The fourth-order valence-corrected chi connectivity index (χ4v) is 3.63. The second kappa shape index (κ2) is 8.55. The molecule has 0 spiro atoms. The van der Waals surface area contributed by atoms with Crippen LogP contribution in [-0.2, 0) is 9.59 Å². The first-order valence-corrected chi connectivity index (χ1v) is 9.88. The first-order chi connectivity index (χ1) is 15.4. The number of amides is 2. The van der Waals surface area contributed by atoms with Gasteiger partial charge in [-0.2, -0.15) is 0 Å². The van der Waals surface area contributed by atoms with Crippen LogP contribution in [0.15, 0.2) is 72.4 Å². The van der Waals surface area contributed by atoms with E-state index in [4.69, 9.17) is 9.47 Å². The number of hydrogen-bond donors (Lipinski definition) is 1. The summed E-state index contributed by atoms with van der Waals surface area (Å²) in [6.07, 6.45) is 0. The average Bonchev–Trinajstić information content (AvgIpc) is 3.04. The molecule has 0 radical (unpaired) electrons. The van der Waals surface area contributed by atoms with Gasteiger partial charge in [0.05, 0.1) is 31.2 Å². The molecular formula is C25H21FN2O4. The molecule has 3 aromatic carbocycles. The first kappa shape index (κ1) is 21.1. The average molecular weight is 432 g/mol. The summed E-state index contributed by atoms with van der Waals surface area (Å²) in [5, 5.41) is 3.11. The molecule has 1 N–H and O–H groups in total. The molecule has 7 heteroatoms. The van der Waals surface area contributed by atoms with Gasteiger partial charge in [0.15, 0.2) is 0 Å². The third-order valence-corrected chi connectivity index (χ3v) is 5.16. The zero-order chi connectivity index (χ0) is 22.8. The number of ether oxygens (including phenoxy) is 2. The second-order valence-electron chi connectivity index (χ2n) is 7.20. The molecule has 1 aliphatic rings. The summed E-state index contributed by atoms with van der Waals surface area (Å²) in [7, 11) is 3.02. The largest absolute Gasteiger partial charge is 0.496 e. The Labute approximate surface area is 184 Å². The topological polar surface area (TPSA) is 67.9 Å². The van der Waals surface area contributed by atoms with Crippen LogP contribution in [0.2, 0.25) is 0 Å². The summed E-state index contributed by atoms with van der Waals surface area (Å²) in [5.74, 6) is -0.608. The number of halogens is 1. The van der Waals surface area contributed by atoms with Crippen molar-refractivity contribution in [2.75, 3.05) is 24.4 Å². The lowest BCUT2D eigenvalue weighted by molar-refractivity contribution is -0.120. The minimum atomic E-state index is -0.564. The van der Waals surface area contributed by atoms with Crippen LogP contribution in [0.5, 0.6) is 11.5 Å². The lowest BCUT2D eigenvalue weighted by atomic mass is 10.0. The van der Waals surface area contributed by atoms with E-state index < -0.39 is 17.6 Å². The van der Waals surface area contributed by atoms with Gasteiger partial charge in [0.1, 0.15) is 23.0 Å². The number of nitrogens with one attached hydrogen (secondary N) is 1. The minimum Gasteiger partial charge on any atom is -0.496 e. The van der Waals surface area contributed by atoms with Gasteiger partial charge >= 0.3 is 0 Å². The summed E-state index contributed by atoms with van der Waals surface area (Å²) in [5.41, 5.74) is 2.44. The van der Waals surface area contributed by atoms with Crippen molar-refractivity contribution in [1.82, 2.24) is 0 Å². The summed E-state index contributed by atoms with van der Waals surface area (Å²) >= 11 is 0. The number of rotatable bonds is 6. The monoisotopic (exact) mass is 432 g/mol. The zero-order valence-electron chi connectivity index (χ0n) is 17.8. The zero-order valence-corrected chi connectivity index (χ0v) is 17.8. The summed E-state index contributed by atoms with van der Waals surface area (Å²) in [6, 6.07) is 17.6. The van der Waals surface area contributed by atoms with Gasteiger partial charge in [-0.1, -0.05) is 24.3 Å². The number of aryl methyl sites for hydroxylation is 1. The predicted octanol–water partition coefficient (Wildman–Crippen LogP) is 4.55. The van der Waals surface area contributed by atoms with E-state index in [0.717, 1.165) is 10.5 Å². The number of methoxy groups -OCH3 is 2. The van der Waals surface area contributed by atoms with Gasteiger partial charge in [-0.15, -0.1) is 0 Å². The molecule has 2 amide bonds. The molecule has 4 rings (SSSR count). The maximum atomic E-state index is 13.5. The number of anilines is 2. The van der Waals surface area contributed by atoms with E-state index in [1.54, 1.807) is 30.3 Å². The number of nitrogens with zero attached hydrogens (tertiary/aromatic N) is 1. The molecule has 6 nitrogen and oxygen atoms in total. The standard InChI is InChI=1S/C25H21FN2O4/c1-15-8-13-21(32-3)19(14-15)27-23-22(18-6-4-5-7-20(18)31-2)24(29)28(25(23)30)17-11-9-16(26)10-12-17/h4-14,27H,1-3H3. The SMILES string of the molecule is COc1ccc(C)cc1NC1=C(c2ccccc2OC)C(=O)N(c2ccc(F)cc2)C1=O. The summed E-state index contributed by atoms with van der Waals surface area (Å²) in [6.45, 7) is 1.91.